The Morgan fingerprint density at radius 2 is 1.74 bits per heavy atom. The third-order valence-corrected chi connectivity index (χ3v) is 2.17. The predicted octanol–water partition coefficient (Wildman–Crippen LogP) is 1.11. The average Bonchev–Trinajstić information content (AvgIpc) is 2.38. The largest absolute Gasteiger partial charge is 0.493 e. The van der Waals surface area contributed by atoms with Crippen LogP contribution in [-0.2, 0) is 4.79 Å². The SMILES string of the molecule is COc1cc(C(=O)C=[N+]=[N-])cc(OC)c1OC(C)=O. The third kappa shape index (κ3) is 3.40. The fourth-order valence-electron chi connectivity index (χ4n) is 1.39. The van der Waals surface area contributed by atoms with Crippen molar-refractivity contribution in [1.29, 1.82) is 0 Å². The zero-order chi connectivity index (χ0) is 14.4. The molecule has 19 heavy (non-hydrogen) atoms. The van der Waals surface area contributed by atoms with Gasteiger partial charge >= 0.3 is 12.2 Å². The number of benzene rings is 1. The summed E-state index contributed by atoms with van der Waals surface area (Å²) in [6, 6.07) is 2.70. The molecule has 1 rings (SSSR count). The maximum Gasteiger partial charge on any atom is 0.328 e. The van der Waals surface area contributed by atoms with E-state index < -0.39 is 11.8 Å². The molecule has 0 N–H and O–H groups in total. The topological polar surface area (TPSA) is 98.2 Å². The molecule has 0 aliphatic heterocycles. The van der Waals surface area contributed by atoms with Gasteiger partial charge in [-0.1, -0.05) is 0 Å². The molecule has 0 aromatic heterocycles. The van der Waals surface area contributed by atoms with Gasteiger partial charge in [0.25, 0.3) is 5.78 Å². The Balaban J connectivity index is 3.38. The lowest BCUT2D eigenvalue weighted by molar-refractivity contribution is -0.132. The van der Waals surface area contributed by atoms with Crippen LogP contribution in [-0.4, -0.2) is 37.0 Å². The Morgan fingerprint density at radius 1 is 1.21 bits per heavy atom. The van der Waals surface area contributed by atoms with Crippen LogP contribution < -0.4 is 14.2 Å². The molecule has 7 nitrogen and oxygen atoms in total. The fraction of sp³-hybridized carbons (Fsp3) is 0.250. The fourth-order valence-corrected chi connectivity index (χ4v) is 1.39. The number of ketones is 1. The Bertz CT molecular complexity index is 536. The summed E-state index contributed by atoms with van der Waals surface area (Å²) in [4.78, 5) is 25.3. The van der Waals surface area contributed by atoms with Gasteiger partial charge < -0.3 is 19.7 Å². The smallest absolute Gasteiger partial charge is 0.328 e. The number of esters is 1. The summed E-state index contributed by atoms with van der Waals surface area (Å²) >= 11 is 0. The zero-order valence-electron chi connectivity index (χ0n) is 10.7. The van der Waals surface area contributed by atoms with Crippen LogP contribution in [0.25, 0.3) is 5.53 Å². The van der Waals surface area contributed by atoms with E-state index in [1.807, 2.05) is 0 Å². The number of ether oxygens (including phenoxy) is 3. The van der Waals surface area contributed by atoms with Crippen molar-refractivity contribution in [1.82, 2.24) is 0 Å². The van der Waals surface area contributed by atoms with Gasteiger partial charge in [0.2, 0.25) is 5.75 Å². The molecule has 0 radical (unpaired) electrons. The predicted molar refractivity (Wildman–Crippen MR) is 64.9 cm³/mol. The molecule has 0 amide bonds. The maximum absolute atomic E-state index is 11.6. The van der Waals surface area contributed by atoms with Crippen molar-refractivity contribution in [2.75, 3.05) is 14.2 Å². The molecular formula is C12H12N2O5. The van der Waals surface area contributed by atoms with Crippen LogP contribution in [0.4, 0.5) is 0 Å². The highest BCUT2D eigenvalue weighted by Gasteiger charge is 2.19. The minimum absolute atomic E-state index is 0.0787. The summed E-state index contributed by atoms with van der Waals surface area (Å²) < 4.78 is 15.1. The molecule has 100 valence electrons. The Labute approximate surface area is 109 Å². The zero-order valence-corrected chi connectivity index (χ0v) is 10.7. The first-order chi connectivity index (χ1) is 9.03. The van der Waals surface area contributed by atoms with E-state index >= 15 is 0 Å². The summed E-state index contributed by atoms with van der Waals surface area (Å²) in [6.07, 6.45) is 0.736. The van der Waals surface area contributed by atoms with E-state index in [4.69, 9.17) is 19.7 Å². The van der Waals surface area contributed by atoms with E-state index in [0.717, 1.165) is 6.21 Å². The molecule has 0 atom stereocenters. The van der Waals surface area contributed by atoms with Gasteiger partial charge in [-0.05, 0) is 12.1 Å². The molecule has 0 unspecified atom stereocenters. The highest BCUT2D eigenvalue weighted by atomic mass is 16.6. The molecule has 0 spiro atoms. The monoisotopic (exact) mass is 264 g/mol. The summed E-state index contributed by atoms with van der Waals surface area (Å²) in [5.74, 6) is -0.704. The molecule has 0 saturated heterocycles. The van der Waals surface area contributed by atoms with Crippen LogP contribution in [0, 0.1) is 0 Å². The van der Waals surface area contributed by atoms with Gasteiger partial charge in [-0.15, -0.1) is 0 Å². The van der Waals surface area contributed by atoms with Crippen molar-refractivity contribution >= 4 is 18.0 Å². The second-order valence-corrected chi connectivity index (χ2v) is 3.41. The van der Waals surface area contributed by atoms with Crippen LogP contribution in [0.5, 0.6) is 17.2 Å². The van der Waals surface area contributed by atoms with Gasteiger partial charge in [0.15, 0.2) is 11.5 Å². The first-order valence-electron chi connectivity index (χ1n) is 5.19. The number of rotatable bonds is 5. The third-order valence-electron chi connectivity index (χ3n) is 2.17. The van der Waals surface area contributed by atoms with Crippen LogP contribution in [0.1, 0.15) is 17.3 Å². The number of carbonyl (C=O) groups is 2. The summed E-state index contributed by atoms with van der Waals surface area (Å²) in [7, 11) is 2.71. The molecule has 1 aromatic rings. The second kappa shape index (κ2) is 6.32. The van der Waals surface area contributed by atoms with E-state index in [2.05, 4.69) is 4.79 Å². The van der Waals surface area contributed by atoms with Gasteiger partial charge in [0.05, 0.1) is 14.2 Å². The molecule has 0 aliphatic rings. The van der Waals surface area contributed by atoms with Gasteiger partial charge in [-0.25, -0.2) is 0 Å². The lowest BCUT2D eigenvalue weighted by Crippen LogP contribution is -2.07. The number of methoxy groups -OCH3 is 2. The van der Waals surface area contributed by atoms with Crippen LogP contribution in [0.3, 0.4) is 0 Å². The Morgan fingerprint density at radius 3 is 2.11 bits per heavy atom. The lowest BCUT2D eigenvalue weighted by atomic mass is 10.1. The van der Waals surface area contributed by atoms with Crippen molar-refractivity contribution in [3.8, 4) is 17.2 Å². The second-order valence-electron chi connectivity index (χ2n) is 3.41. The molecule has 0 saturated carbocycles. The molecule has 0 aliphatic carbocycles. The molecule has 1 aromatic carbocycles. The van der Waals surface area contributed by atoms with Crippen LogP contribution in [0.15, 0.2) is 12.1 Å². The Hall–Kier alpha value is -2.66. The summed E-state index contributed by atoms with van der Waals surface area (Å²) in [5.41, 5.74) is 8.51. The summed E-state index contributed by atoms with van der Waals surface area (Å²) in [6.45, 7) is 1.23. The molecule has 0 bridgehead atoms. The standard InChI is InChI=1S/C12H12N2O5/c1-7(15)19-12-10(17-2)4-8(5-11(12)18-3)9(16)6-14-13/h4-6H,1-3H3. The normalized spacial score (nSPS) is 9.21. The van der Waals surface area contributed by atoms with Crippen molar-refractivity contribution in [2.45, 2.75) is 6.92 Å². The molecule has 7 heteroatoms. The number of hydrogen-bond donors (Lipinski definition) is 0. The Kier molecular flexibility index (Phi) is 4.79. The van der Waals surface area contributed by atoms with Crippen molar-refractivity contribution in [3.05, 3.63) is 23.2 Å². The van der Waals surface area contributed by atoms with Crippen molar-refractivity contribution < 1.29 is 28.6 Å². The van der Waals surface area contributed by atoms with Crippen molar-refractivity contribution in [2.24, 2.45) is 0 Å². The van der Waals surface area contributed by atoms with E-state index in [0.29, 0.717) is 0 Å². The lowest BCUT2D eigenvalue weighted by Gasteiger charge is -2.13. The average molecular weight is 264 g/mol. The number of hydrogen-bond acceptors (Lipinski definition) is 5. The van der Waals surface area contributed by atoms with E-state index in [1.165, 1.54) is 33.3 Å². The van der Waals surface area contributed by atoms with Gasteiger partial charge in [-0.3, -0.25) is 9.59 Å². The number of nitrogens with zero attached hydrogens (tertiary/aromatic N) is 2. The van der Waals surface area contributed by atoms with Gasteiger partial charge in [0, 0.05) is 12.5 Å². The van der Waals surface area contributed by atoms with E-state index in [1.54, 1.807) is 0 Å². The van der Waals surface area contributed by atoms with Crippen LogP contribution in [0.2, 0.25) is 0 Å². The summed E-state index contributed by atoms with van der Waals surface area (Å²) in [5, 5.41) is 0. The highest BCUT2D eigenvalue weighted by molar-refractivity contribution is 6.33. The minimum Gasteiger partial charge on any atom is -0.493 e. The van der Waals surface area contributed by atoms with E-state index in [-0.39, 0.29) is 22.8 Å². The minimum atomic E-state index is -0.549. The maximum atomic E-state index is 11.6. The first kappa shape index (κ1) is 14.4. The molecular weight excluding hydrogens is 252 g/mol. The van der Waals surface area contributed by atoms with Gasteiger partial charge in [0.1, 0.15) is 0 Å². The first-order valence-corrected chi connectivity index (χ1v) is 5.19. The number of carbonyl (C=O) groups excluding carboxylic acids is 2. The van der Waals surface area contributed by atoms with Gasteiger partial charge in [-0.2, -0.15) is 4.79 Å². The van der Waals surface area contributed by atoms with Crippen LogP contribution >= 0.6 is 0 Å². The van der Waals surface area contributed by atoms with Crippen molar-refractivity contribution in [3.63, 3.8) is 0 Å². The van der Waals surface area contributed by atoms with E-state index in [9.17, 15) is 9.59 Å². The molecule has 0 heterocycles. The quantitative estimate of drug-likeness (QED) is 0.198. The highest BCUT2D eigenvalue weighted by Crippen LogP contribution is 2.38. The number of Topliss-reactive ketones (excluding diaryl/α,β-unsaturated/α-hetero) is 1. The molecule has 0 fully saturated rings.